The second-order valence-electron chi connectivity index (χ2n) is 4.84. The molecule has 120 valence electrons. The van der Waals surface area contributed by atoms with Gasteiger partial charge in [-0.2, -0.15) is 0 Å². The van der Waals surface area contributed by atoms with Gasteiger partial charge >= 0.3 is 5.97 Å². The fourth-order valence-electron chi connectivity index (χ4n) is 1.42. The van der Waals surface area contributed by atoms with E-state index in [0.717, 1.165) is 0 Å². The number of amides is 3. The summed E-state index contributed by atoms with van der Waals surface area (Å²) in [5.41, 5.74) is 5.09. The van der Waals surface area contributed by atoms with Crippen LogP contribution in [0.15, 0.2) is 0 Å². The van der Waals surface area contributed by atoms with Crippen molar-refractivity contribution in [2.75, 3.05) is 13.1 Å². The second-order valence-corrected chi connectivity index (χ2v) is 4.84. The lowest BCUT2D eigenvalue weighted by molar-refractivity contribution is -0.143. The first-order chi connectivity index (χ1) is 9.68. The maximum absolute atomic E-state index is 11.6. The number of carboxylic acids is 1. The molecule has 0 aromatic heterocycles. The summed E-state index contributed by atoms with van der Waals surface area (Å²) in [6, 6.07) is -1.86. The van der Waals surface area contributed by atoms with Crippen molar-refractivity contribution in [2.45, 2.75) is 32.9 Å². The fraction of sp³-hybridized carbons (Fsp3) is 0.667. The molecule has 0 saturated heterocycles. The van der Waals surface area contributed by atoms with Gasteiger partial charge in [-0.05, 0) is 12.8 Å². The van der Waals surface area contributed by atoms with Crippen LogP contribution in [0.25, 0.3) is 0 Å². The quantitative estimate of drug-likeness (QED) is 0.343. The molecule has 0 saturated carbocycles. The summed E-state index contributed by atoms with van der Waals surface area (Å²) in [6.07, 6.45) is 0. The van der Waals surface area contributed by atoms with Crippen LogP contribution in [0.2, 0.25) is 0 Å². The normalized spacial score (nSPS) is 13.2. The average Bonchev–Trinajstić information content (AvgIpc) is 2.40. The van der Waals surface area contributed by atoms with Crippen LogP contribution in [-0.2, 0) is 19.2 Å². The third-order valence-electron chi connectivity index (χ3n) is 2.63. The van der Waals surface area contributed by atoms with Crippen molar-refractivity contribution in [1.82, 2.24) is 16.0 Å². The van der Waals surface area contributed by atoms with E-state index in [1.54, 1.807) is 13.8 Å². The molecular formula is C12H22N4O5. The predicted octanol–water partition coefficient (Wildman–Crippen LogP) is -2.21. The number of rotatable bonds is 8. The molecule has 0 rings (SSSR count). The maximum atomic E-state index is 11.6. The lowest BCUT2D eigenvalue weighted by atomic mass is 10.1. The number of hydrogen-bond acceptors (Lipinski definition) is 5. The summed E-state index contributed by atoms with van der Waals surface area (Å²) in [6.45, 7) is 4.13. The van der Waals surface area contributed by atoms with Gasteiger partial charge in [0.25, 0.3) is 0 Å². The summed E-state index contributed by atoms with van der Waals surface area (Å²) >= 11 is 0. The van der Waals surface area contributed by atoms with Gasteiger partial charge in [0, 0.05) is 0 Å². The topological polar surface area (TPSA) is 151 Å². The van der Waals surface area contributed by atoms with Crippen LogP contribution >= 0.6 is 0 Å². The van der Waals surface area contributed by atoms with Crippen molar-refractivity contribution in [2.24, 2.45) is 11.7 Å². The minimum Gasteiger partial charge on any atom is -0.480 e. The minimum absolute atomic E-state index is 0.243. The van der Waals surface area contributed by atoms with Crippen molar-refractivity contribution in [3.63, 3.8) is 0 Å². The zero-order valence-corrected chi connectivity index (χ0v) is 12.3. The first kappa shape index (κ1) is 18.8. The molecule has 0 fully saturated rings. The van der Waals surface area contributed by atoms with Crippen LogP contribution in [0.3, 0.4) is 0 Å². The molecule has 0 aromatic rings. The Morgan fingerprint density at radius 1 is 1.05 bits per heavy atom. The van der Waals surface area contributed by atoms with Gasteiger partial charge in [-0.15, -0.1) is 0 Å². The Morgan fingerprint density at radius 2 is 1.62 bits per heavy atom. The first-order valence-corrected chi connectivity index (χ1v) is 6.48. The SMILES string of the molecule is CC(C)[C@H](NC(=O)CNC(=O)[C@H](C)NC(=O)CN)C(=O)O. The maximum Gasteiger partial charge on any atom is 0.326 e. The number of carbonyl (C=O) groups excluding carboxylic acids is 3. The molecule has 0 radical (unpaired) electrons. The van der Waals surface area contributed by atoms with E-state index in [2.05, 4.69) is 16.0 Å². The van der Waals surface area contributed by atoms with Gasteiger partial charge in [-0.3, -0.25) is 14.4 Å². The van der Waals surface area contributed by atoms with Gasteiger partial charge in [0.1, 0.15) is 12.1 Å². The second kappa shape index (κ2) is 8.90. The highest BCUT2D eigenvalue weighted by Crippen LogP contribution is 2.01. The van der Waals surface area contributed by atoms with Crippen molar-refractivity contribution in [3.05, 3.63) is 0 Å². The van der Waals surface area contributed by atoms with Gasteiger partial charge in [0.05, 0.1) is 13.1 Å². The summed E-state index contributed by atoms with van der Waals surface area (Å²) in [5.74, 6) is -3.11. The Kier molecular flexibility index (Phi) is 7.99. The smallest absolute Gasteiger partial charge is 0.326 e. The van der Waals surface area contributed by atoms with Crippen LogP contribution in [0.5, 0.6) is 0 Å². The fourth-order valence-corrected chi connectivity index (χ4v) is 1.42. The number of hydrogen-bond donors (Lipinski definition) is 5. The molecule has 0 heterocycles. The predicted molar refractivity (Wildman–Crippen MR) is 74.1 cm³/mol. The zero-order chi connectivity index (χ0) is 16.6. The molecule has 0 aliphatic rings. The van der Waals surface area contributed by atoms with E-state index < -0.39 is 35.8 Å². The molecule has 9 heteroatoms. The van der Waals surface area contributed by atoms with Gasteiger partial charge in [-0.25, -0.2) is 4.79 Å². The van der Waals surface area contributed by atoms with Crippen molar-refractivity contribution < 1.29 is 24.3 Å². The van der Waals surface area contributed by atoms with Crippen LogP contribution in [0, 0.1) is 5.92 Å². The summed E-state index contributed by atoms with van der Waals surface area (Å²) in [5, 5.41) is 15.8. The number of nitrogens with two attached hydrogens (primary N) is 1. The largest absolute Gasteiger partial charge is 0.480 e. The number of nitrogens with one attached hydrogen (secondary N) is 3. The highest BCUT2D eigenvalue weighted by Gasteiger charge is 2.23. The van der Waals surface area contributed by atoms with Gasteiger partial charge in [0.2, 0.25) is 17.7 Å². The molecule has 6 N–H and O–H groups in total. The Morgan fingerprint density at radius 3 is 2.05 bits per heavy atom. The molecule has 21 heavy (non-hydrogen) atoms. The molecular weight excluding hydrogens is 280 g/mol. The van der Waals surface area contributed by atoms with Crippen LogP contribution in [-0.4, -0.2) is 54.0 Å². The Bertz CT molecular complexity index is 410. The monoisotopic (exact) mass is 302 g/mol. The highest BCUT2D eigenvalue weighted by atomic mass is 16.4. The number of carbonyl (C=O) groups is 4. The molecule has 0 spiro atoms. The van der Waals surface area contributed by atoms with Crippen LogP contribution in [0.1, 0.15) is 20.8 Å². The summed E-state index contributed by atoms with van der Waals surface area (Å²) in [7, 11) is 0. The van der Waals surface area contributed by atoms with E-state index in [0.29, 0.717) is 0 Å². The molecule has 0 aliphatic heterocycles. The van der Waals surface area contributed by atoms with Crippen LogP contribution in [0.4, 0.5) is 0 Å². The Labute approximate surface area is 122 Å². The van der Waals surface area contributed by atoms with E-state index >= 15 is 0 Å². The first-order valence-electron chi connectivity index (χ1n) is 6.48. The van der Waals surface area contributed by atoms with E-state index in [1.807, 2.05) is 0 Å². The molecule has 3 amide bonds. The lowest BCUT2D eigenvalue weighted by Gasteiger charge is -2.18. The molecule has 9 nitrogen and oxygen atoms in total. The third-order valence-corrected chi connectivity index (χ3v) is 2.63. The van der Waals surface area contributed by atoms with E-state index in [-0.39, 0.29) is 19.0 Å². The standard InChI is InChI=1S/C12H22N4O5/c1-6(2)10(12(20)21)16-9(18)5-14-11(19)7(3)15-8(17)4-13/h6-7,10H,4-5,13H2,1-3H3,(H,14,19)(H,15,17)(H,16,18)(H,20,21)/t7-,10-/m0/s1. The van der Waals surface area contributed by atoms with Gasteiger partial charge in [0.15, 0.2) is 0 Å². The van der Waals surface area contributed by atoms with E-state index in [1.165, 1.54) is 6.92 Å². The Hall–Kier alpha value is -2.16. The van der Waals surface area contributed by atoms with E-state index in [4.69, 9.17) is 10.8 Å². The minimum atomic E-state index is -1.15. The van der Waals surface area contributed by atoms with E-state index in [9.17, 15) is 19.2 Å². The molecule has 0 bridgehead atoms. The average molecular weight is 302 g/mol. The van der Waals surface area contributed by atoms with Crippen LogP contribution < -0.4 is 21.7 Å². The molecule has 0 aliphatic carbocycles. The molecule has 2 atom stereocenters. The number of aliphatic carboxylic acids is 1. The molecule has 0 aromatic carbocycles. The zero-order valence-electron chi connectivity index (χ0n) is 12.3. The number of carboxylic acid groups (broad SMARTS) is 1. The lowest BCUT2D eigenvalue weighted by Crippen LogP contribution is -2.51. The van der Waals surface area contributed by atoms with Gasteiger partial charge < -0.3 is 26.8 Å². The van der Waals surface area contributed by atoms with Crippen molar-refractivity contribution >= 4 is 23.7 Å². The molecule has 0 unspecified atom stereocenters. The third kappa shape index (κ3) is 7.25. The van der Waals surface area contributed by atoms with Crippen molar-refractivity contribution in [3.8, 4) is 0 Å². The summed E-state index contributed by atoms with van der Waals surface area (Å²) in [4.78, 5) is 45.1. The van der Waals surface area contributed by atoms with Crippen molar-refractivity contribution in [1.29, 1.82) is 0 Å². The van der Waals surface area contributed by atoms with Gasteiger partial charge in [-0.1, -0.05) is 13.8 Å². The Balaban J connectivity index is 4.26. The highest BCUT2D eigenvalue weighted by molar-refractivity contribution is 5.91. The summed E-state index contributed by atoms with van der Waals surface area (Å²) < 4.78 is 0.